The van der Waals surface area contributed by atoms with Crippen LogP contribution >= 0.6 is 11.3 Å². The number of rotatable bonds is 5. The van der Waals surface area contributed by atoms with Gasteiger partial charge in [-0.3, -0.25) is 0 Å². The smallest absolute Gasteiger partial charge is 0.355 e. The van der Waals surface area contributed by atoms with E-state index in [1.165, 1.54) is 19.2 Å². The van der Waals surface area contributed by atoms with Crippen LogP contribution in [-0.2, 0) is 10.0 Å². The molecule has 0 bridgehead atoms. The van der Waals surface area contributed by atoms with E-state index in [0.717, 1.165) is 11.3 Å². The van der Waals surface area contributed by atoms with Crippen LogP contribution in [0.1, 0.15) is 35.4 Å². The number of nitrogens with zero attached hydrogens (tertiary/aromatic N) is 2. The predicted molar refractivity (Wildman–Crippen MR) is 64.6 cm³/mol. The lowest BCUT2D eigenvalue weighted by Crippen LogP contribution is -2.33. The van der Waals surface area contributed by atoms with Crippen LogP contribution in [0.15, 0.2) is 5.38 Å². The maximum atomic E-state index is 11.6. The molecule has 98 valence electrons. The number of carboxylic acid groups (broad SMARTS) is 1. The van der Waals surface area contributed by atoms with Crippen LogP contribution in [0.3, 0.4) is 0 Å². The quantitative estimate of drug-likeness (QED) is 0.824. The van der Waals surface area contributed by atoms with Crippen LogP contribution in [0.2, 0.25) is 0 Å². The minimum Gasteiger partial charge on any atom is -0.476 e. The minimum atomic E-state index is -3.76. The second-order valence-corrected chi connectivity index (χ2v) is 6.45. The molecule has 0 fully saturated rings. The molecule has 9 heteroatoms. The number of sulfonamides is 1. The first-order valence-corrected chi connectivity index (χ1v) is 7.30. The van der Waals surface area contributed by atoms with Crippen molar-refractivity contribution in [2.45, 2.75) is 25.1 Å². The van der Waals surface area contributed by atoms with E-state index >= 15 is 0 Å². The molecular weight excluding hydrogens is 278 g/mol. The summed E-state index contributed by atoms with van der Waals surface area (Å²) in [6.07, 6.45) is 0. The average Bonchev–Trinajstić information content (AvgIpc) is 2.76. The van der Waals surface area contributed by atoms with E-state index in [9.17, 15) is 13.2 Å². The molecule has 0 aliphatic rings. The van der Waals surface area contributed by atoms with Crippen molar-refractivity contribution in [1.29, 1.82) is 5.26 Å². The average molecular weight is 289 g/mol. The largest absolute Gasteiger partial charge is 0.476 e. The predicted octanol–water partition coefficient (Wildman–Crippen LogP) is 0.734. The molecule has 2 unspecified atom stereocenters. The van der Waals surface area contributed by atoms with Crippen molar-refractivity contribution in [3.63, 3.8) is 0 Å². The second kappa shape index (κ2) is 5.43. The zero-order chi connectivity index (χ0) is 13.9. The summed E-state index contributed by atoms with van der Waals surface area (Å²) in [6, 6.07) is 0.947. The zero-order valence-corrected chi connectivity index (χ0v) is 11.2. The van der Waals surface area contributed by atoms with E-state index in [1.807, 2.05) is 0 Å². The number of carbonyl (C=O) groups is 1. The van der Waals surface area contributed by atoms with Crippen molar-refractivity contribution in [3.05, 3.63) is 16.1 Å². The highest BCUT2D eigenvalue weighted by Crippen LogP contribution is 2.19. The van der Waals surface area contributed by atoms with Crippen molar-refractivity contribution < 1.29 is 18.3 Å². The molecule has 1 heterocycles. The Labute approximate surface area is 108 Å². The summed E-state index contributed by atoms with van der Waals surface area (Å²) in [5.41, 5.74) is -0.130. The molecule has 0 radical (unpaired) electrons. The zero-order valence-electron chi connectivity index (χ0n) is 9.61. The number of nitrogens with one attached hydrogen (secondary N) is 1. The van der Waals surface area contributed by atoms with Gasteiger partial charge in [0.05, 0.1) is 12.1 Å². The third-order valence-electron chi connectivity index (χ3n) is 2.10. The number of thiazole rings is 1. The SMILES string of the molecule is CC(NS(=O)(=O)C(C)C#N)c1nc(C(=O)O)cs1. The molecule has 0 aliphatic heterocycles. The van der Waals surface area contributed by atoms with Crippen LogP contribution in [0.4, 0.5) is 0 Å². The topological polar surface area (TPSA) is 120 Å². The van der Waals surface area contributed by atoms with Crippen molar-refractivity contribution in [1.82, 2.24) is 9.71 Å². The Hall–Kier alpha value is -1.50. The molecule has 18 heavy (non-hydrogen) atoms. The molecule has 2 atom stereocenters. The van der Waals surface area contributed by atoms with Gasteiger partial charge >= 0.3 is 5.97 Å². The molecule has 0 aliphatic carbocycles. The fraction of sp³-hybridized carbons (Fsp3) is 0.444. The maximum Gasteiger partial charge on any atom is 0.355 e. The fourth-order valence-corrected chi connectivity index (χ4v) is 2.87. The first-order valence-electron chi connectivity index (χ1n) is 4.87. The summed E-state index contributed by atoms with van der Waals surface area (Å²) in [4.78, 5) is 14.4. The summed E-state index contributed by atoms with van der Waals surface area (Å²) in [5.74, 6) is -1.17. The molecule has 1 rings (SSSR count). The Morgan fingerprint density at radius 2 is 2.22 bits per heavy atom. The first-order chi connectivity index (χ1) is 8.27. The molecule has 1 aromatic heterocycles. The van der Waals surface area contributed by atoms with Gasteiger partial charge in [-0.1, -0.05) is 0 Å². The Morgan fingerprint density at radius 1 is 1.61 bits per heavy atom. The van der Waals surface area contributed by atoms with Crippen molar-refractivity contribution >= 4 is 27.3 Å². The Bertz CT molecular complexity index is 587. The van der Waals surface area contributed by atoms with Crippen LogP contribution in [0.25, 0.3) is 0 Å². The minimum absolute atomic E-state index is 0.130. The molecular formula is C9H11N3O4S2. The van der Waals surface area contributed by atoms with Gasteiger partial charge in [0.2, 0.25) is 10.0 Å². The lowest BCUT2D eigenvalue weighted by molar-refractivity contribution is 0.0691. The van der Waals surface area contributed by atoms with Crippen molar-refractivity contribution in [2.24, 2.45) is 0 Å². The standard InChI is InChI=1S/C9H11N3O4S2/c1-5(3-10)18(15,16)12-6(2)8-11-7(4-17-8)9(13)14/h4-6,12H,1-2H3,(H,13,14). The van der Waals surface area contributed by atoms with Crippen molar-refractivity contribution in [2.75, 3.05) is 0 Å². The summed E-state index contributed by atoms with van der Waals surface area (Å²) >= 11 is 1.04. The number of hydrogen-bond acceptors (Lipinski definition) is 6. The molecule has 7 nitrogen and oxygen atoms in total. The van der Waals surface area contributed by atoms with Gasteiger partial charge in [-0.2, -0.15) is 5.26 Å². The van der Waals surface area contributed by atoms with E-state index in [4.69, 9.17) is 10.4 Å². The highest BCUT2D eigenvalue weighted by molar-refractivity contribution is 7.90. The number of nitriles is 1. The van der Waals surface area contributed by atoms with Crippen LogP contribution in [-0.4, -0.2) is 29.7 Å². The van der Waals surface area contributed by atoms with Crippen molar-refractivity contribution in [3.8, 4) is 6.07 Å². The third-order valence-corrected chi connectivity index (χ3v) is 4.85. The van der Waals surface area contributed by atoms with Gasteiger partial charge in [0.15, 0.2) is 10.9 Å². The maximum absolute atomic E-state index is 11.6. The van der Waals surface area contributed by atoms with Gasteiger partial charge in [0, 0.05) is 5.38 Å². The van der Waals surface area contributed by atoms with Crippen LogP contribution in [0.5, 0.6) is 0 Å². The number of aromatic nitrogens is 1. The van der Waals surface area contributed by atoms with Crippen LogP contribution in [0, 0.1) is 11.3 Å². The van der Waals surface area contributed by atoms with E-state index in [-0.39, 0.29) is 5.69 Å². The summed E-state index contributed by atoms with van der Waals surface area (Å²) in [5, 5.41) is 17.8. The first kappa shape index (κ1) is 14.6. The third kappa shape index (κ3) is 3.25. The monoisotopic (exact) mass is 289 g/mol. The van der Waals surface area contributed by atoms with Gasteiger partial charge in [0.25, 0.3) is 0 Å². The molecule has 1 aromatic rings. The Kier molecular flexibility index (Phi) is 4.39. The normalized spacial score (nSPS) is 14.7. The highest BCUT2D eigenvalue weighted by Gasteiger charge is 2.24. The Morgan fingerprint density at radius 3 is 2.67 bits per heavy atom. The molecule has 0 saturated carbocycles. The van der Waals surface area contributed by atoms with Crippen LogP contribution < -0.4 is 4.72 Å². The lowest BCUT2D eigenvalue weighted by Gasteiger charge is -2.12. The number of aromatic carboxylic acids is 1. The summed E-state index contributed by atoms with van der Waals surface area (Å²) < 4.78 is 25.5. The number of hydrogen-bond donors (Lipinski definition) is 2. The molecule has 0 aromatic carbocycles. The van der Waals surface area contributed by atoms with Gasteiger partial charge < -0.3 is 5.11 Å². The summed E-state index contributed by atoms with van der Waals surface area (Å²) in [6.45, 7) is 2.80. The molecule has 0 saturated heterocycles. The lowest BCUT2D eigenvalue weighted by atomic mass is 10.4. The molecule has 0 amide bonds. The molecule has 2 N–H and O–H groups in total. The van der Waals surface area contributed by atoms with E-state index < -0.39 is 27.3 Å². The summed E-state index contributed by atoms with van der Waals surface area (Å²) in [7, 11) is -3.76. The second-order valence-electron chi connectivity index (χ2n) is 3.53. The van der Waals surface area contributed by atoms with Gasteiger partial charge in [-0.15, -0.1) is 11.3 Å². The molecule has 0 spiro atoms. The fourth-order valence-electron chi connectivity index (χ4n) is 1.05. The van der Waals surface area contributed by atoms with Gasteiger partial charge in [-0.25, -0.2) is 22.9 Å². The van der Waals surface area contributed by atoms with Gasteiger partial charge in [0.1, 0.15) is 5.01 Å². The Balaban J connectivity index is 2.86. The van der Waals surface area contributed by atoms with E-state index in [2.05, 4.69) is 9.71 Å². The highest BCUT2D eigenvalue weighted by atomic mass is 32.2. The van der Waals surface area contributed by atoms with E-state index in [1.54, 1.807) is 6.07 Å². The van der Waals surface area contributed by atoms with E-state index in [0.29, 0.717) is 5.01 Å². The van der Waals surface area contributed by atoms with Gasteiger partial charge in [-0.05, 0) is 13.8 Å². The number of carboxylic acids is 1.